The molecular weight excluding hydrogens is 340 g/mol. The van der Waals surface area contributed by atoms with Gasteiger partial charge in [0.1, 0.15) is 0 Å². The molecule has 0 unspecified atom stereocenters. The highest BCUT2D eigenvalue weighted by Gasteiger charge is 2.16. The van der Waals surface area contributed by atoms with Crippen molar-refractivity contribution in [3.05, 3.63) is 74.3 Å². The van der Waals surface area contributed by atoms with Gasteiger partial charge in [0, 0.05) is 24.3 Å². The van der Waals surface area contributed by atoms with E-state index in [9.17, 15) is 28.6 Å². The lowest BCUT2D eigenvalue weighted by atomic mass is 10.1. The molecule has 0 aliphatic carbocycles. The highest BCUT2D eigenvalue weighted by Crippen LogP contribution is 2.18. The Balaban J connectivity index is 1.97. The van der Waals surface area contributed by atoms with Crippen molar-refractivity contribution in [2.45, 2.75) is 11.3 Å². The van der Waals surface area contributed by atoms with Gasteiger partial charge in [-0.25, -0.2) is 0 Å². The smallest absolute Gasteiger partial charge is 0.266 e. The Labute approximate surface area is 136 Å². The Kier molecular flexibility index (Phi) is 5.21. The highest BCUT2D eigenvalue weighted by atomic mass is 32.2. The van der Waals surface area contributed by atoms with Crippen molar-refractivity contribution < 1.29 is 22.4 Å². The van der Waals surface area contributed by atoms with Gasteiger partial charge in [-0.05, 0) is 24.1 Å². The van der Waals surface area contributed by atoms with Crippen LogP contribution in [-0.2, 0) is 20.7 Å². The fourth-order valence-corrected chi connectivity index (χ4v) is 2.76. The van der Waals surface area contributed by atoms with Crippen LogP contribution in [0.2, 0.25) is 0 Å². The van der Waals surface area contributed by atoms with Crippen LogP contribution in [0.15, 0.2) is 53.4 Å². The molecule has 0 aliphatic rings. The Morgan fingerprint density at radius 1 is 0.833 bits per heavy atom. The molecule has 0 fully saturated rings. The summed E-state index contributed by atoms with van der Waals surface area (Å²) in [5.74, 6) is 0. The second-order valence-corrected chi connectivity index (χ2v) is 6.32. The number of nitro benzene ring substituents is 2. The maximum atomic E-state index is 12.0. The summed E-state index contributed by atoms with van der Waals surface area (Å²) in [5.41, 5.74) is 0.400. The average molecular weight is 352 g/mol. The first kappa shape index (κ1) is 17.5. The van der Waals surface area contributed by atoms with E-state index in [1.54, 1.807) is 0 Å². The van der Waals surface area contributed by atoms with Gasteiger partial charge in [-0.2, -0.15) is 8.42 Å². The van der Waals surface area contributed by atoms with E-state index in [0.717, 1.165) is 24.3 Å². The van der Waals surface area contributed by atoms with Crippen LogP contribution in [0.5, 0.6) is 0 Å². The van der Waals surface area contributed by atoms with Gasteiger partial charge in [0.25, 0.3) is 21.5 Å². The standard InChI is InChI=1S/C14H12N2O7S/c17-15(18)12-3-1-11(2-4-12)9-10-23-24(21,22)14-7-5-13(6-8-14)16(19)20/h1-8H,9-10H2. The van der Waals surface area contributed by atoms with E-state index in [1.165, 1.54) is 24.3 Å². The molecular formula is C14H12N2O7S. The van der Waals surface area contributed by atoms with Crippen LogP contribution in [0.4, 0.5) is 11.4 Å². The first-order valence-electron chi connectivity index (χ1n) is 6.67. The Bertz CT molecular complexity index is 846. The van der Waals surface area contributed by atoms with Gasteiger partial charge in [-0.3, -0.25) is 24.4 Å². The molecule has 0 spiro atoms. The molecule has 0 aliphatic heterocycles. The van der Waals surface area contributed by atoms with Crippen molar-refractivity contribution >= 4 is 21.5 Å². The van der Waals surface area contributed by atoms with Crippen molar-refractivity contribution in [3.8, 4) is 0 Å². The molecule has 10 heteroatoms. The predicted molar refractivity (Wildman–Crippen MR) is 83.0 cm³/mol. The van der Waals surface area contributed by atoms with Crippen LogP contribution in [0, 0.1) is 20.2 Å². The quantitative estimate of drug-likeness (QED) is 0.425. The highest BCUT2D eigenvalue weighted by molar-refractivity contribution is 7.86. The van der Waals surface area contributed by atoms with E-state index < -0.39 is 20.0 Å². The lowest BCUT2D eigenvalue weighted by molar-refractivity contribution is -0.385. The number of nitrogens with zero attached hydrogens (tertiary/aromatic N) is 2. The SMILES string of the molecule is O=[N+]([O-])c1ccc(CCOS(=O)(=O)c2ccc([N+](=O)[O-])cc2)cc1. The topological polar surface area (TPSA) is 130 Å². The Hall–Kier alpha value is -2.85. The summed E-state index contributed by atoms with van der Waals surface area (Å²) in [4.78, 5) is 19.7. The summed E-state index contributed by atoms with van der Waals surface area (Å²) in [6, 6.07) is 10.0. The fourth-order valence-electron chi connectivity index (χ4n) is 1.86. The van der Waals surface area contributed by atoms with Crippen molar-refractivity contribution in [1.29, 1.82) is 0 Å². The number of benzene rings is 2. The Morgan fingerprint density at radius 3 is 1.75 bits per heavy atom. The van der Waals surface area contributed by atoms with Gasteiger partial charge in [0.05, 0.1) is 21.3 Å². The lowest BCUT2D eigenvalue weighted by Gasteiger charge is -2.05. The molecule has 0 atom stereocenters. The van der Waals surface area contributed by atoms with Gasteiger partial charge in [0.2, 0.25) is 0 Å². The average Bonchev–Trinajstić information content (AvgIpc) is 2.55. The summed E-state index contributed by atoms with van der Waals surface area (Å²) < 4.78 is 28.8. The van der Waals surface area contributed by atoms with E-state index >= 15 is 0 Å². The van der Waals surface area contributed by atoms with Crippen LogP contribution < -0.4 is 0 Å². The summed E-state index contributed by atoms with van der Waals surface area (Å²) in [6.07, 6.45) is 0.240. The molecule has 9 nitrogen and oxygen atoms in total. The van der Waals surface area contributed by atoms with Crippen molar-refractivity contribution in [2.75, 3.05) is 6.61 Å². The van der Waals surface area contributed by atoms with Crippen LogP contribution in [0.1, 0.15) is 5.56 Å². The summed E-state index contributed by atoms with van der Waals surface area (Å²) in [5, 5.41) is 21.1. The third-order valence-corrected chi connectivity index (χ3v) is 4.44. The lowest BCUT2D eigenvalue weighted by Crippen LogP contribution is -2.09. The van der Waals surface area contributed by atoms with E-state index in [1.807, 2.05) is 0 Å². The molecule has 0 saturated heterocycles. The summed E-state index contributed by atoms with van der Waals surface area (Å²) >= 11 is 0. The molecule has 2 aromatic carbocycles. The molecule has 0 radical (unpaired) electrons. The normalized spacial score (nSPS) is 11.2. The number of non-ortho nitro benzene ring substituents is 2. The van der Waals surface area contributed by atoms with Crippen molar-refractivity contribution in [3.63, 3.8) is 0 Å². The zero-order chi connectivity index (χ0) is 17.7. The van der Waals surface area contributed by atoms with E-state index in [4.69, 9.17) is 4.18 Å². The van der Waals surface area contributed by atoms with Crippen LogP contribution >= 0.6 is 0 Å². The first-order valence-corrected chi connectivity index (χ1v) is 8.07. The first-order chi connectivity index (χ1) is 11.3. The van der Waals surface area contributed by atoms with Crippen LogP contribution in [0.3, 0.4) is 0 Å². The maximum absolute atomic E-state index is 12.0. The fraction of sp³-hybridized carbons (Fsp3) is 0.143. The van der Waals surface area contributed by atoms with Crippen LogP contribution in [0.25, 0.3) is 0 Å². The number of hydrogen-bond donors (Lipinski definition) is 0. The molecule has 2 aromatic rings. The van der Waals surface area contributed by atoms with Gasteiger partial charge >= 0.3 is 0 Å². The molecule has 0 aromatic heterocycles. The van der Waals surface area contributed by atoms with Gasteiger partial charge in [-0.1, -0.05) is 12.1 Å². The minimum Gasteiger partial charge on any atom is -0.266 e. The third kappa shape index (κ3) is 4.33. The van der Waals surface area contributed by atoms with E-state index in [2.05, 4.69) is 0 Å². The second kappa shape index (κ2) is 7.15. The monoisotopic (exact) mass is 352 g/mol. The van der Waals surface area contributed by atoms with E-state index in [0.29, 0.717) is 5.56 Å². The number of hydrogen-bond acceptors (Lipinski definition) is 7. The van der Waals surface area contributed by atoms with Gasteiger partial charge in [0.15, 0.2) is 0 Å². The second-order valence-electron chi connectivity index (χ2n) is 4.70. The van der Waals surface area contributed by atoms with E-state index in [-0.39, 0.29) is 29.3 Å². The Morgan fingerprint density at radius 2 is 1.29 bits per heavy atom. The van der Waals surface area contributed by atoms with Crippen LogP contribution in [-0.4, -0.2) is 24.9 Å². The largest absolute Gasteiger partial charge is 0.296 e. The zero-order valence-electron chi connectivity index (χ0n) is 12.2. The molecule has 24 heavy (non-hydrogen) atoms. The minimum atomic E-state index is -4.03. The molecule has 0 bridgehead atoms. The van der Waals surface area contributed by atoms with Gasteiger partial charge in [-0.15, -0.1) is 0 Å². The summed E-state index contributed by atoms with van der Waals surface area (Å²) in [7, 11) is -4.03. The number of nitro groups is 2. The molecule has 0 heterocycles. The van der Waals surface area contributed by atoms with Crippen molar-refractivity contribution in [1.82, 2.24) is 0 Å². The maximum Gasteiger partial charge on any atom is 0.296 e. The molecule has 0 amide bonds. The summed E-state index contributed by atoms with van der Waals surface area (Å²) in [6.45, 7) is -0.156. The number of rotatable bonds is 7. The van der Waals surface area contributed by atoms with Gasteiger partial charge < -0.3 is 0 Å². The minimum absolute atomic E-state index is 0.0573. The molecule has 0 saturated carbocycles. The third-order valence-electron chi connectivity index (χ3n) is 3.11. The van der Waals surface area contributed by atoms with Crippen molar-refractivity contribution in [2.24, 2.45) is 0 Å². The predicted octanol–water partition coefficient (Wildman–Crippen LogP) is 2.45. The molecule has 0 N–H and O–H groups in total. The zero-order valence-corrected chi connectivity index (χ0v) is 13.0. The molecule has 126 valence electrons. The molecule has 2 rings (SSSR count).